The third-order valence-corrected chi connectivity index (χ3v) is 2.38. The Morgan fingerprint density at radius 2 is 1.88 bits per heavy atom. The molecule has 100 valence electrons. The highest BCUT2D eigenvalue weighted by Crippen LogP contribution is 2.45. The molecule has 1 saturated carbocycles. The van der Waals surface area contributed by atoms with Crippen molar-refractivity contribution in [3.8, 4) is 0 Å². The molecule has 0 aliphatic heterocycles. The lowest BCUT2D eigenvalue weighted by Crippen LogP contribution is -2.65. The number of hydrogen-bond donors (Lipinski definition) is 1. The lowest BCUT2D eigenvalue weighted by molar-refractivity contribution is -0.148. The average molecular weight is 251 g/mol. The predicted molar refractivity (Wildman–Crippen MR) is 58.2 cm³/mol. The summed E-state index contributed by atoms with van der Waals surface area (Å²) < 4.78 is 35.7. The van der Waals surface area contributed by atoms with Crippen LogP contribution in [0.1, 0.15) is 33.6 Å². The molecule has 1 amide bonds. The fourth-order valence-electron chi connectivity index (χ4n) is 1.96. The minimum Gasteiger partial charge on any atom is -0.444 e. The lowest BCUT2D eigenvalue weighted by atomic mass is 9.74. The fourth-order valence-corrected chi connectivity index (χ4v) is 1.96. The maximum Gasteiger partial charge on any atom is 0.408 e. The Hall–Kier alpha value is -0.910. The molecule has 0 radical (unpaired) electrons. The number of methoxy groups -OCH3 is 1. The summed E-state index contributed by atoms with van der Waals surface area (Å²) >= 11 is 0. The van der Waals surface area contributed by atoms with Crippen LogP contribution in [0.15, 0.2) is 0 Å². The number of hydrogen-bond acceptors (Lipinski definition) is 3. The first-order chi connectivity index (χ1) is 7.58. The quantitative estimate of drug-likeness (QED) is 0.837. The van der Waals surface area contributed by atoms with Gasteiger partial charge < -0.3 is 14.8 Å². The summed E-state index contributed by atoms with van der Waals surface area (Å²) in [7, 11) is 1.41. The minimum absolute atomic E-state index is 0.0574. The summed E-state index contributed by atoms with van der Waals surface area (Å²) in [4.78, 5) is 11.5. The van der Waals surface area contributed by atoms with Gasteiger partial charge in [-0.25, -0.2) is 13.6 Å². The van der Waals surface area contributed by atoms with E-state index in [9.17, 15) is 13.6 Å². The summed E-state index contributed by atoms with van der Waals surface area (Å²) in [5, 5.41) is 2.48. The first-order valence-electron chi connectivity index (χ1n) is 5.46. The van der Waals surface area contributed by atoms with Crippen molar-refractivity contribution >= 4 is 6.09 Å². The highest BCUT2D eigenvalue weighted by atomic mass is 19.3. The Kier molecular flexibility index (Phi) is 3.66. The van der Waals surface area contributed by atoms with Crippen LogP contribution in [0.5, 0.6) is 0 Å². The second-order valence-electron chi connectivity index (χ2n) is 5.55. The topological polar surface area (TPSA) is 47.6 Å². The first kappa shape index (κ1) is 14.2. The SMILES string of the molecule is COCC1(NC(=O)OC(C)(C)C)CC(F)(F)C1. The van der Waals surface area contributed by atoms with Crippen LogP contribution in [-0.2, 0) is 9.47 Å². The molecule has 0 aromatic heterocycles. The van der Waals surface area contributed by atoms with Gasteiger partial charge in [0.2, 0.25) is 0 Å². The van der Waals surface area contributed by atoms with Crippen LogP contribution in [0, 0.1) is 0 Å². The van der Waals surface area contributed by atoms with Crippen molar-refractivity contribution < 1.29 is 23.0 Å². The van der Waals surface area contributed by atoms with E-state index in [1.165, 1.54) is 7.11 Å². The van der Waals surface area contributed by atoms with E-state index < -0.39 is 36.0 Å². The van der Waals surface area contributed by atoms with Gasteiger partial charge in [0.15, 0.2) is 0 Å². The van der Waals surface area contributed by atoms with E-state index in [1.54, 1.807) is 20.8 Å². The molecule has 0 spiro atoms. The molecule has 1 fully saturated rings. The third kappa shape index (κ3) is 4.11. The van der Waals surface area contributed by atoms with Crippen LogP contribution in [0.25, 0.3) is 0 Å². The molecule has 1 aliphatic carbocycles. The number of rotatable bonds is 3. The van der Waals surface area contributed by atoms with Crippen LogP contribution in [0.3, 0.4) is 0 Å². The highest BCUT2D eigenvalue weighted by molar-refractivity contribution is 5.69. The number of alkyl carbamates (subject to hydrolysis) is 1. The van der Waals surface area contributed by atoms with Crippen molar-refractivity contribution in [2.75, 3.05) is 13.7 Å². The van der Waals surface area contributed by atoms with Gasteiger partial charge in [0.25, 0.3) is 5.92 Å². The van der Waals surface area contributed by atoms with Crippen molar-refractivity contribution in [3.05, 3.63) is 0 Å². The van der Waals surface area contributed by atoms with Crippen molar-refractivity contribution in [2.24, 2.45) is 0 Å². The maximum atomic E-state index is 12.9. The molecule has 0 atom stereocenters. The summed E-state index contributed by atoms with van der Waals surface area (Å²) in [5.41, 5.74) is -1.65. The minimum atomic E-state index is -2.73. The van der Waals surface area contributed by atoms with E-state index >= 15 is 0 Å². The van der Waals surface area contributed by atoms with Gasteiger partial charge in [0.05, 0.1) is 12.1 Å². The average Bonchev–Trinajstić information content (AvgIpc) is 1.95. The number of carbonyl (C=O) groups excluding carboxylic acids is 1. The van der Waals surface area contributed by atoms with Gasteiger partial charge in [0, 0.05) is 20.0 Å². The molecule has 0 heterocycles. The molecule has 1 rings (SSSR count). The molecule has 0 unspecified atom stereocenters. The zero-order valence-corrected chi connectivity index (χ0v) is 10.6. The monoisotopic (exact) mass is 251 g/mol. The van der Waals surface area contributed by atoms with E-state index in [4.69, 9.17) is 9.47 Å². The van der Waals surface area contributed by atoms with Gasteiger partial charge in [0.1, 0.15) is 5.60 Å². The van der Waals surface area contributed by atoms with Crippen molar-refractivity contribution in [2.45, 2.75) is 50.7 Å². The Morgan fingerprint density at radius 3 is 2.24 bits per heavy atom. The van der Waals surface area contributed by atoms with E-state index in [-0.39, 0.29) is 6.61 Å². The number of nitrogens with one attached hydrogen (secondary N) is 1. The molecular formula is C11H19F2NO3. The fraction of sp³-hybridized carbons (Fsp3) is 0.909. The van der Waals surface area contributed by atoms with Crippen molar-refractivity contribution in [3.63, 3.8) is 0 Å². The second kappa shape index (κ2) is 4.40. The molecule has 0 aromatic rings. The van der Waals surface area contributed by atoms with Crippen LogP contribution in [0.4, 0.5) is 13.6 Å². The number of amides is 1. The van der Waals surface area contributed by atoms with Gasteiger partial charge in [-0.1, -0.05) is 0 Å². The predicted octanol–water partition coefficient (Wildman–Crippen LogP) is 2.33. The molecule has 4 nitrogen and oxygen atoms in total. The zero-order valence-electron chi connectivity index (χ0n) is 10.6. The van der Waals surface area contributed by atoms with Crippen LogP contribution in [0.2, 0.25) is 0 Å². The molecule has 0 aromatic carbocycles. The zero-order chi connectivity index (χ0) is 13.3. The largest absolute Gasteiger partial charge is 0.444 e. The Balaban J connectivity index is 2.55. The Labute approximate surface area is 99.7 Å². The summed E-state index contributed by atoms with van der Waals surface area (Å²) in [5.74, 6) is -2.73. The summed E-state index contributed by atoms with van der Waals surface area (Å²) in [6, 6.07) is 0. The molecule has 0 saturated heterocycles. The normalized spacial score (nSPS) is 21.5. The van der Waals surface area contributed by atoms with Crippen LogP contribution >= 0.6 is 0 Å². The summed E-state index contributed by atoms with van der Waals surface area (Å²) in [6.07, 6.45) is -1.51. The highest BCUT2D eigenvalue weighted by Gasteiger charge is 2.57. The van der Waals surface area contributed by atoms with Gasteiger partial charge in [-0.15, -0.1) is 0 Å². The third-order valence-electron chi connectivity index (χ3n) is 2.38. The molecule has 0 bridgehead atoms. The molecule has 17 heavy (non-hydrogen) atoms. The van der Waals surface area contributed by atoms with E-state index in [1.807, 2.05) is 0 Å². The number of carbonyl (C=O) groups is 1. The van der Waals surface area contributed by atoms with Crippen LogP contribution in [-0.4, -0.2) is 36.9 Å². The Bertz CT molecular complexity index is 292. The number of alkyl halides is 2. The van der Waals surface area contributed by atoms with E-state index in [0.29, 0.717) is 0 Å². The number of halogens is 2. The second-order valence-corrected chi connectivity index (χ2v) is 5.55. The van der Waals surface area contributed by atoms with Crippen molar-refractivity contribution in [1.82, 2.24) is 5.32 Å². The van der Waals surface area contributed by atoms with Gasteiger partial charge in [-0.3, -0.25) is 0 Å². The van der Waals surface area contributed by atoms with Crippen molar-refractivity contribution in [1.29, 1.82) is 0 Å². The van der Waals surface area contributed by atoms with Gasteiger partial charge in [-0.2, -0.15) is 0 Å². The molecular weight excluding hydrogens is 232 g/mol. The maximum absolute atomic E-state index is 12.9. The first-order valence-corrected chi connectivity index (χ1v) is 5.46. The van der Waals surface area contributed by atoms with E-state index in [2.05, 4.69) is 5.32 Å². The lowest BCUT2D eigenvalue weighted by Gasteiger charge is -2.47. The van der Waals surface area contributed by atoms with Gasteiger partial charge in [-0.05, 0) is 20.8 Å². The van der Waals surface area contributed by atoms with Gasteiger partial charge >= 0.3 is 6.09 Å². The number of ether oxygens (including phenoxy) is 2. The van der Waals surface area contributed by atoms with E-state index in [0.717, 1.165) is 0 Å². The molecule has 1 aliphatic rings. The molecule has 1 N–H and O–H groups in total. The summed E-state index contributed by atoms with van der Waals surface area (Å²) in [6.45, 7) is 5.20. The standard InChI is InChI=1S/C11H19F2NO3/c1-9(2,3)17-8(15)14-10(7-16-4)5-11(12,13)6-10/h5-7H2,1-4H3,(H,14,15). The smallest absolute Gasteiger partial charge is 0.408 e. The molecule has 6 heteroatoms. The van der Waals surface area contributed by atoms with Crippen LogP contribution < -0.4 is 5.32 Å². The Morgan fingerprint density at radius 1 is 1.35 bits per heavy atom.